The lowest BCUT2D eigenvalue weighted by molar-refractivity contribution is -0.870. The molecule has 0 bridgehead atoms. The highest BCUT2D eigenvalue weighted by molar-refractivity contribution is 7.45. The van der Waals surface area contributed by atoms with Crippen molar-refractivity contribution in [1.82, 2.24) is 5.32 Å². The standard InChI is InChI=1S/C63H115N2O6P/c1-6-8-10-12-14-16-18-20-22-23-24-25-26-27-28-29-30-31-32-33-34-35-36-37-38-39-40-41-43-45-47-49-51-53-55-57-63(67)64-61(60-71-72(68,69)70-59-58-65(3,4)5)62(66)56-54-52-50-48-46-44-42-21-19-17-15-13-11-9-7-2/h8,10,14,16,20,22,24-25,27-28,46,48,54,56,61-62,66H,6-7,9,11-13,15,17-19,21,23,26,29-45,47,49-53,55,57-60H2,1-5H3,(H-,64,67,68,69)/b10-8-,16-14-,22-20-,25-24-,28-27-,48-46+,56-54+. The summed E-state index contributed by atoms with van der Waals surface area (Å²) in [6.07, 6.45) is 75.4. The molecule has 8 nitrogen and oxygen atoms in total. The highest BCUT2D eigenvalue weighted by Crippen LogP contribution is 2.38. The third-order valence-corrected chi connectivity index (χ3v) is 14.1. The van der Waals surface area contributed by atoms with E-state index >= 15 is 0 Å². The Morgan fingerprint density at radius 3 is 1.29 bits per heavy atom. The predicted molar refractivity (Wildman–Crippen MR) is 311 cm³/mol. The van der Waals surface area contributed by atoms with Crippen LogP contribution in [0.1, 0.15) is 258 Å². The molecule has 1 amide bonds. The predicted octanol–water partition coefficient (Wildman–Crippen LogP) is 17.8. The molecule has 0 fully saturated rings. The number of hydrogen-bond donors (Lipinski definition) is 2. The minimum Gasteiger partial charge on any atom is -0.756 e. The molecule has 2 N–H and O–H groups in total. The van der Waals surface area contributed by atoms with Gasteiger partial charge in [-0.25, -0.2) is 0 Å². The maximum atomic E-state index is 13.0. The SMILES string of the molecule is CC/C=C\C/C=C\C/C=C\C/C=C\C/C=C\CCCCCCCCCCCCCCCCCCCCCC(=O)NC(COP(=O)([O-])OCC[N+](C)(C)C)C(O)/C=C/CC/C=C/CCCCCCCCCCC. The number of nitrogens with one attached hydrogen (secondary N) is 1. The van der Waals surface area contributed by atoms with Gasteiger partial charge in [-0.2, -0.15) is 0 Å². The largest absolute Gasteiger partial charge is 0.756 e. The van der Waals surface area contributed by atoms with Crippen LogP contribution in [0, 0.1) is 0 Å². The summed E-state index contributed by atoms with van der Waals surface area (Å²) in [6.45, 7) is 4.52. The van der Waals surface area contributed by atoms with Crippen LogP contribution < -0.4 is 10.2 Å². The third-order valence-electron chi connectivity index (χ3n) is 13.1. The molecular weight excluding hydrogens is 912 g/mol. The van der Waals surface area contributed by atoms with Gasteiger partial charge in [-0.3, -0.25) is 9.36 Å². The molecule has 0 aliphatic heterocycles. The Morgan fingerprint density at radius 2 is 0.861 bits per heavy atom. The first-order valence-corrected chi connectivity index (χ1v) is 31.4. The molecule has 0 saturated heterocycles. The van der Waals surface area contributed by atoms with Crippen LogP contribution in [0.4, 0.5) is 0 Å². The van der Waals surface area contributed by atoms with Crippen molar-refractivity contribution in [2.75, 3.05) is 40.9 Å². The number of aliphatic hydroxyl groups is 1. The highest BCUT2D eigenvalue weighted by atomic mass is 31.2. The number of likely N-dealkylation sites (N-methyl/N-ethyl adjacent to an activating group) is 1. The van der Waals surface area contributed by atoms with Crippen molar-refractivity contribution in [1.29, 1.82) is 0 Å². The summed E-state index contributed by atoms with van der Waals surface area (Å²) in [6, 6.07) is -0.905. The lowest BCUT2D eigenvalue weighted by Crippen LogP contribution is -2.45. The zero-order valence-electron chi connectivity index (χ0n) is 47.6. The van der Waals surface area contributed by atoms with E-state index in [0.717, 1.165) is 70.6 Å². The molecule has 9 heteroatoms. The number of nitrogens with zero attached hydrogens (tertiary/aromatic N) is 1. The third kappa shape index (κ3) is 55.4. The topological polar surface area (TPSA) is 108 Å². The Kier molecular flexibility index (Phi) is 51.8. The van der Waals surface area contributed by atoms with Crippen molar-refractivity contribution in [2.24, 2.45) is 0 Å². The molecule has 0 rings (SSSR count). The minimum atomic E-state index is -4.61. The fraction of sp³-hybridized carbons (Fsp3) is 0.762. The number of unbranched alkanes of at least 4 members (excludes halogenated alkanes) is 29. The minimum absolute atomic E-state index is 0.00773. The Labute approximate surface area is 446 Å². The van der Waals surface area contributed by atoms with Gasteiger partial charge in [0.05, 0.1) is 39.9 Å². The van der Waals surface area contributed by atoms with Crippen molar-refractivity contribution in [2.45, 2.75) is 270 Å². The van der Waals surface area contributed by atoms with Gasteiger partial charge in [0.2, 0.25) is 5.91 Å². The molecule has 0 heterocycles. The monoisotopic (exact) mass is 1030 g/mol. The van der Waals surface area contributed by atoms with Gasteiger partial charge in [-0.05, 0) is 77.0 Å². The first kappa shape index (κ1) is 69.7. The number of hydrogen-bond acceptors (Lipinski definition) is 6. The Morgan fingerprint density at radius 1 is 0.500 bits per heavy atom. The fourth-order valence-corrected chi connectivity index (χ4v) is 9.16. The van der Waals surface area contributed by atoms with Crippen LogP contribution in [-0.2, 0) is 18.4 Å². The summed E-state index contributed by atoms with van der Waals surface area (Å²) in [5, 5.41) is 13.8. The Hall–Kier alpha value is -2.32. The van der Waals surface area contributed by atoms with Gasteiger partial charge < -0.3 is 28.8 Å². The Bertz CT molecular complexity index is 1450. The molecule has 0 saturated carbocycles. The van der Waals surface area contributed by atoms with E-state index in [9.17, 15) is 19.4 Å². The zero-order chi connectivity index (χ0) is 52.7. The average Bonchev–Trinajstić information content (AvgIpc) is 3.34. The van der Waals surface area contributed by atoms with E-state index in [1.807, 2.05) is 27.2 Å². The van der Waals surface area contributed by atoms with Crippen LogP contribution in [0.25, 0.3) is 0 Å². The van der Waals surface area contributed by atoms with Crippen molar-refractivity contribution in [3.05, 3.63) is 85.1 Å². The normalized spacial score (nSPS) is 14.5. The number of aliphatic hydroxyl groups excluding tert-OH is 1. The molecule has 418 valence electrons. The maximum absolute atomic E-state index is 13.0. The molecule has 0 aromatic rings. The summed E-state index contributed by atoms with van der Waals surface area (Å²) in [7, 11) is 1.24. The molecule has 0 aliphatic carbocycles. The molecule has 3 atom stereocenters. The van der Waals surface area contributed by atoms with Gasteiger partial charge in [-0.15, -0.1) is 0 Å². The first-order chi connectivity index (χ1) is 35.0. The van der Waals surface area contributed by atoms with Crippen LogP contribution in [0.15, 0.2) is 85.1 Å². The van der Waals surface area contributed by atoms with E-state index in [1.54, 1.807) is 6.08 Å². The van der Waals surface area contributed by atoms with Gasteiger partial charge in [-0.1, -0.05) is 259 Å². The van der Waals surface area contributed by atoms with Crippen LogP contribution in [0.2, 0.25) is 0 Å². The fourth-order valence-electron chi connectivity index (χ4n) is 8.43. The summed E-state index contributed by atoms with van der Waals surface area (Å²) in [5.74, 6) is -0.207. The summed E-state index contributed by atoms with van der Waals surface area (Å²) in [5.41, 5.74) is 0. The average molecular weight is 1030 g/mol. The van der Waals surface area contributed by atoms with Crippen molar-refractivity contribution >= 4 is 13.7 Å². The van der Waals surface area contributed by atoms with Gasteiger partial charge in [0.15, 0.2) is 0 Å². The van der Waals surface area contributed by atoms with E-state index in [1.165, 1.54) is 167 Å². The Balaban J connectivity index is 4.05. The van der Waals surface area contributed by atoms with E-state index in [-0.39, 0.29) is 12.5 Å². The molecule has 0 aromatic carbocycles. The van der Waals surface area contributed by atoms with Crippen LogP contribution in [0.5, 0.6) is 0 Å². The zero-order valence-corrected chi connectivity index (χ0v) is 48.5. The molecule has 72 heavy (non-hydrogen) atoms. The maximum Gasteiger partial charge on any atom is 0.268 e. The summed E-state index contributed by atoms with van der Waals surface area (Å²) >= 11 is 0. The number of carbonyl (C=O) groups excluding carboxylic acids is 1. The van der Waals surface area contributed by atoms with E-state index in [2.05, 4.69) is 92.1 Å². The van der Waals surface area contributed by atoms with Gasteiger partial charge in [0.1, 0.15) is 13.2 Å². The molecule has 0 radical (unpaired) electrons. The second-order valence-electron chi connectivity index (χ2n) is 21.3. The van der Waals surface area contributed by atoms with Crippen molar-refractivity contribution in [3.8, 4) is 0 Å². The smallest absolute Gasteiger partial charge is 0.268 e. The quantitative estimate of drug-likeness (QED) is 0.0272. The summed E-state index contributed by atoms with van der Waals surface area (Å²) < 4.78 is 23.3. The first-order valence-electron chi connectivity index (χ1n) is 29.9. The molecule has 3 unspecified atom stereocenters. The number of amides is 1. The van der Waals surface area contributed by atoms with E-state index in [4.69, 9.17) is 9.05 Å². The molecular formula is C63H115N2O6P. The van der Waals surface area contributed by atoms with Gasteiger partial charge in [0.25, 0.3) is 7.82 Å². The number of phosphoric ester groups is 1. The molecule has 0 aliphatic rings. The number of quaternary nitrogens is 1. The lowest BCUT2D eigenvalue weighted by Gasteiger charge is -2.29. The number of carbonyl (C=O) groups is 1. The van der Waals surface area contributed by atoms with Crippen molar-refractivity contribution in [3.63, 3.8) is 0 Å². The second kappa shape index (κ2) is 53.5. The van der Waals surface area contributed by atoms with Crippen LogP contribution in [-0.4, -0.2) is 68.5 Å². The summed E-state index contributed by atoms with van der Waals surface area (Å²) in [4.78, 5) is 25.5. The van der Waals surface area contributed by atoms with E-state index in [0.29, 0.717) is 17.4 Å². The lowest BCUT2D eigenvalue weighted by atomic mass is 10.0. The highest BCUT2D eigenvalue weighted by Gasteiger charge is 2.23. The van der Waals surface area contributed by atoms with Crippen molar-refractivity contribution < 1.29 is 32.9 Å². The van der Waals surface area contributed by atoms with E-state index < -0.39 is 26.6 Å². The second-order valence-corrected chi connectivity index (χ2v) is 22.7. The van der Waals surface area contributed by atoms with Crippen LogP contribution in [0.3, 0.4) is 0 Å². The van der Waals surface area contributed by atoms with Gasteiger partial charge in [0, 0.05) is 6.42 Å². The van der Waals surface area contributed by atoms with Gasteiger partial charge >= 0.3 is 0 Å². The van der Waals surface area contributed by atoms with Crippen LogP contribution >= 0.6 is 7.82 Å². The number of rotatable bonds is 54. The molecule has 0 aromatic heterocycles. The molecule has 0 spiro atoms. The number of phosphoric acid groups is 1. The number of allylic oxidation sites excluding steroid dienone is 13.